The molecule has 1 N–H and O–H groups in total. The number of piperidine rings is 2. The van der Waals surface area contributed by atoms with Crippen molar-refractivity contribution in [3.8, 4) is 0 Å². The van der Waals surface area contributed by atoms with Crippen LogP contribution < -0.4 is 5.32 Å². The summed E-state index contributed by atoms with van der Waals surface area (Å²) in [5.41, 5.74) is 0.00750. The maximum absolute atomic E-state index is 11.9. The molecule has 2 heterocycles. The zero-order valence-corrected chi connectivity index (χ0v) is 11.9. The summed E-state index contributed by atoms with van der Waals surface area (Å²) in [4.78, 5) is 0. The van der Waals surface area contributed by atoms with E-state index in [1.165, 1.54) is 6.26 Å². The summed E-state index contributed by atoms with van der Waals surface area (Å²) in [5, 5.41) is 3.36. The Labute approximate surface area is 105 Å². The lowest BCUT2D eigenvalue weighted by Gasteiger charge is -2.51. The Morgan fingerprint density at radius 2 is 1.65 bits per heavy atom. The minimum atomic E-state index is -3.10. The SMILES string of the molecule is CC1(C)CCC2(CCNCC2)CN1S(C)(=O)=O. The topological polar surface area (TPSA) is 49.4 Å². The summed E-state index contributed by atoms with van der Waals surface area (Å²) >= 11 is 0. The van der Waals surface area contributed by atoms with E-state index in [9.17, 15) is 8.42 Å². The van der Waals surface area contributed by atoms with Gasteiger partial charge in [0.1, 0.15) is 0 Å². The van der Waals surface area contributed by atoms with Crippen LogP contribution in [0.25, 0.3) is 0 Å². The van der Waals surface area contributed by atoms with Gasteiger partial charge in [-0.05, 0) is 58.0 Å². The number of hydrogen-bond acceptors (Lipinski definition) is 3. The molecule has 2 aliphatic rings. The lowest BCUT2D eigenvalue weighted by molar-refractivity contribution is 0.0353. The second-order valence-electron chi connectivity index (χ2n) is 6.33. The molecule has 0 atom stereocenters. The van der Waals surface area contributed by atoms with Gasteiger partial charge in [-0.1, -0.05) is 0 Å². The molecule has 1 spiro atoms. The lowest BCUT2D eigenvalue weighted by Crippen LogP contribution is -2.58. The van der Waals surface area contributed by atoms with E-state index < -0.39 is 10.0 Å². The van der Waals surface area contributed by atoms with Crippen molar-refractivity contribution in [1.82, 2.24) is 9.62 Å². The van der Waals surface area contributed by atoms with Crippen LogP contribution >= 0.6 is 0 Å². The van der Waals surface area contributed by atoms with Gasteiger partial charge in [-0.15, -0.1) is 0 Å². The maximum Gasteiger partial charge on any atom is 0.211 e. The van der Waals surface area contributed by atoms with Crippen molar-refractivity contribution < 1.29 is 8.42 Å². The quantitative estimate of drug-likeness (QED) is 0.770. The molecule has 2 fully saturated rings. The maximum atomic E-state index is 11.9. The predicted molar refractivity (Wildman–Crippen MR) is 69.4 cm³/mol. The molecular weight excluding hydrogens is 236 g/mol. The van der Waals surface area contributed by atoms with Crippen LogP contribution in [-0.2, 0) is 10.0 Å². The van der Waals surface area contributed by atoms with E-state index in [0.717, 1.165) is 38.8 Å². The first-order chi connectivity index (χ1) is 7.75. The van der Waals surface area contributed by atoms with Crippen molar-refractivity contribution >= 4 is 10.0 Å². The van der Waals surface area contributed by atoms with Gasteiger partial charge in [0, 0.05) is 12.1 Å². The van der Waals surface area contributed by atoms with Crippen LogP contribution in [0.5, 0.6) is 0 Å². The molecule has 0 saturated carbocycles. The van der Waals surface area contributed by atoms with Gasteiger partial charge in [0.05, 0.1) is 6.26 Å². The largest absolute Gasteiger partial charge is 0.317 e. The van der Waals surface area contributed by atoms with Gasteiger partial charge >= 0.3 is 0 Å². The Balaban J connectivity index is 2.23. The molecule has 0 bridgehead atoms. The summed E-state index contributed by atoms with van der Waals surface area (Å²) in [5.74, 6) is 0. The molecule has 17 heavy (non-hydrogen) atoms. The van der Waals surface area contributed by atoms with Crippen LogP contribution in [-0.4, -0.2) is 44.2 Å². The van der Waals surface area contributed by atoms with E-state index in [0.29, 0.717) is 6.54 Å². The summed E-state index contributed by atoms with van der Waals surface area (Å²) < 4.78 is 25.6. The van der Waals surface area contributed by atoms with Gasteiger partial charge in [-0.3, -0.25) is 0 Å². The fourth-order valence-electron chi connectivity index (χ4n) is 3.22. The number of nitrogens with zero attached hydrogens (tertiary/aromatic N) is 1. The first-order valence-corrected chi connectivity index (χ1v) is 8.29. The van der Waals surface area contributed by atoms with Crippen molar-refractivity contribution in [2.75, 3.05) is 25.9 Å². The highest BCUT2D eigenvalue weighted by molar-refractivity contribution is 7.88. The average Bonchev–Trinajstić information content (AvgIpc) is 2.22. The van der Waals surface area contributed by atoms with E-state index in [1.807, 2.05) is 13.8 Å². The van der Waals surface area contributed by atoms with Crippen molar-refractivity contribution in [1.29, 1.82) is 0 Å². The molecule has 2 rings (SSSR count). The zero-order valence-electron chi connectivity index (χ0n) is 11.1. The normalized spacial score (nSPS) is 29.4. The Hall–Kier alpha value is -0.130. The fourth-order valence-corrected chi connectivity index (χ4v) is 4.72. The highest BCUT2D eigenvalue weighted by Crippen LogP contribution is 2.44. The first-order valence-electron chi connectivity index (χ1n) is 6.44. The van der Waals surface area contributed by atoms with Gasteiger partial charge < -0.3 is 5.32 Å². The highest BCUT2D eigenvalue weighted by Gasteiger charge is 2.46. The minimum Gasteiger partial charge on any atom is -0.317 e. The minimum absolute atomic E-state index is 0.219. The highest BCUT2D eigenvalue weighted by atomic mass is 32.2. The molecule has 5 heteroatoms. The fraction of sp³-hybridized carbons (Fsp3) is 1.00. The van der Waals surface area contributed by atoms with Crippen LogP contribution in [0.4, 0.5) is 0 Å². The summed E-state index contributed by atoms with van der Waals surface area (Å²) in [6.45, 7) is 6.85. The summed E-state index contributed by atoms with van der Waals surface area (Å²) in [6, 6.07) is 0. The van der Waals surface area contributed by atoms with Crippen LogP contribution in [0.15, 0.2) is 0 Å². The number of nitrogens with one attached hydrogen (secondary N) is 1. The first kappa shape index (κ1) is 13.3. The Bertz CT molecular complexity index is 383. The number of sulfonamides is 1. The molecule has 2 aliphatic heterocycles. The van der Waals surface area contributed by atoms with Gasteiger partial charge in [0.2, 0.25) is 10.0 Å². The average molecular weight is 260 g/mol. The lowest BCUT2D eigenvalue weighted by atomic mass is 9.70. The molecule has 0 amide bonds. The third kappa shape index (κ3) is 2.66. The molecule has 100 valence electrons. The van der Waals surface area contributed by atoms with Crippen LogP contribution in [0, 0.1) is 5.41 Å². The predicted octanol–water partition coefficient (Wildman–Crippen LogP) is 1.19. The Kier molecular flexibility index (Phi) is 3.30. The molecule has 4 nitrogen and oxygen atoms in total. The zero-order chi connectivity index (χ0) is 12.7. The molecule has 0 aliphatic carbocycles. The molecule has 0 aromatic rings. The second kappa shape index (κ2) is 4.21. The molecule has 0 unspecified atom stereocenters. The van der Waals surface area contributed by atoms with Gasteiger partial charge in [0.25, 0.3) is 0 Å². The van der Waals surface area contributed by atoms with E-state index in [-0.39, 0.29) is 11.0 Å². The van der Waals surface area contributed by atoms with Crippen LogP contribution in [0.1, 0.15) is 39.5 Å². The molecule has 0 aromatic heterocycles. The summed E-state index contributed by atoms with van der Waals surface area (Å²) in [7, 11) is -3.10. The van der Waals surface area contributed by atoms with Crippen molar-refractivity contribution in [2.24, 2.45) is 5.41 Å². The second-order valence-corrected chi connectivity index (χ2v) is 8.24. The van der Waals surface area contributed by atoms with E-state index in [1.54, 1.807) is 4.31 Å². The van der Waals surface area contributed by atoms with E-state index in [2.05, 4.69) is 5.32 Å². The molecule has 0 radical (unpaired) electrons. The number of rotatable bonds is 1. The third-order valence-corrected chi connectivity index (χ3v) is 5.91. The van der Waals surface area contributed by atoms with Gasteiger partial charge in [-0.25, -0.2) is 8.42 Å². The standard InChI is InChI=1S/C12H24N2O2S/c1-11(2)4-5-12(6-8-13-9-7-12)10-14(11)17(3,15)16/h13H,4-10H2,1-3H3. The molecular formula is C12H24N2O2S. The Morgan fingerprint density at radius 3 is 2.18 bits per heavy atom. The van der Waals surface area contributed by atoms with E-state index in [4.69, 9.17) is 0 Å². The summed E-state index contributed by atoms with van der Waals surface area (Å²) in [6.07, 6.45) is 5.69. The Morgan fingerprint density at radius 1 is 1.06 bits per heavy atom. The van der Waals surface area contributed by atoms with Crippen molar-refractivity contribution in [2.45, 2.75) is 45.1 Å². The van der Waals surface area contributed by atoms with Crippen LogP contribution in [0.2, 0.25) is 0 Å². The molecule has 2 saturated heterocycles. The molecule has 0 aromatic carbocycles. The van der Waals surface area contributed by atoms with Gasteiger partial charge in [0.15, 0.2) is 0 Å². The number of hydrogen-bond donors (Lipinski definition) is 1. The van der Waals surface area contributed by atoms with Crippen LogP contribution in [0.3, 0.4) is 0 Å². The van der Waals surface area contributed by atoms with Crippen molar-refractivity contribution in [3.05, 3.63) is 0 Å². The van der Waals surface area contributed by atoms with Gasteiger partial charge in [-0.2, -0.15) is 4.31 Å². The third-order valence-electron chi connectivity index (χ3n) is 4.49. The van der Waals surface area contributed by atoms with Crippen molar-refractivity contribution in [3.63, 3.8) is 0 Å². The smallest absolute Gasteiger partial charge is 0.211 e. The monoisotopic (exact) mass is 260 g/mol. The van der Waals surface area contributed by atoms with E-state index >= 15 is 0 Å².